The Balaban J connectivity index is 2.15. The van der Waals surface area contributed by atoms with Gasteiger partial charge in [-0.05, 0) is 24.0 Å². The molecule has 0 saturated carbocycles. The van der Waals surface area contributed by atoms with Gasteiger partial charge in [-0.3, -0.25) is 0 Å². The Morgan fingerprint density at radius 1 is 1.22 bits per heavy atom. The molecule has 0 saturated heterocycles. The van der Waals surface area contributed by atoms with Crippen molar-refractivity contribution in [2.75, 3.05) is 12.4 Å². The van der Waals surface area contributed by atoms with E-state index in [2.05, 4.69) is 55.3 Å². The molecule has 0 aliphatic heterocycles. The molecule has 96 valence electrons. The van der Waals surface area contributed by atoms with E-state index in [-0.39, 0.29) is 0 Å². The van der Waals surface area contributed by atoms with Crippen LogP contribution in [0.5, 0.6) is 0 Å². The molecule has 0 aliphatic rings. The van der Waals surface area contributed by atoms with Crippen molar-refractivity contribution in [3.05, 3.63) is 46.0 Å². The molecule has 0 amide bonds. The molecule has 0 atom stereocenters. The molecule has 1 N–H and O–H groups in total. The van der Waals surface area contributed by atoms with Crippen LogP contribution < -0.4 is 5.32 Å². The predicted octanol–water partition coefficient (Wildman–Crippen LogP) is 4.21. The van der Waals surface area contributed by atoms with Gasteiger partial charge in [0.15, 0.2) is 5.13 Å². The highest BCUT2D eigenvalue weighted by molar-refractivity contribution is 7.15. The largest absolute Gasteiger partial charge is 0.365 e. The third-order valence-electron chi connectivity index (χ3n) is 3.12. The van der Waals surface area contributed by atoms with Crippen LogP contribution >= 0.6 is 11.3 Å². The monoisotopic (exact) mass is 260 g/mol. The van der Waals surface area contributed by atoms with Crippen LogP contribution in [0.1, 0.15) is 41.5 Å². The molecule has 2 aromatic rings. The Labute approximate surface area is 113 Å². The first kappa shape index (κ1) is 13.1. The molecule has 0 spiro atoms. The first-order valence-corrected chi connectivity index (χ1v) is 7.14. The summed E-state index contributed by atoms with van der Waals surface area (Å²) in [4.78, 5) is 5.82. The van der Waals surface area contributed by atoms with E-state index < -0.39 is 0 Å². The van der Waals surface area contributed by atoms with Crippen LogP contribution in [0.3, 0.4) is 0 Å². The van der Waals surface area contributed by atoms with E-state index in [4.69, 9.17) is 0 Å². The molecule has 0 aliphatic carbocycles. The molecule has 1 aromatic carbocycles. The number of rotatable bonds is 4. The van der Waals surface area contributed by atoms with Gasteiger partial charge in [-0.15, -0.1) is 11.3 Å². The van der Waals surface area contributed by atoms with Gasteiger partial charge in [-0.1, -0.05) is 38.1 Å². The van der Waals surface area contributed by atoms with E-state index in [1.54, 1.807) is 11.3 Å². The van der Waals surface area contributed by atoms with E-state index in [0.29, 0.717) is 5.92 Å². The van der Waals surface area contributed by atoms with Gasteiger partial charge in [0.2, 0.25) is 0 Å². The average Bonchev–Trinajstić information content (AvgIpc) is 2.71. The number of thiazole rings is 1. The smallest absolute Gasteiger partial charge is 0.182 e. The topological polar surface area (TPSA) is 24.9 Å². The Kier molecular flexibility index (Phi) is 4.02. The third kappa shape index (κ3) is 2.91. The van der Waals surface area contributed by atoms with Crippen molar-refractivity contribution in [1.29, 1.82) is 0 Å². The van der Waals surface area contributed by atoms with Gasteiger partial charge in [0, 0.05) is 18.3 Å². The molecule has 3 heteroatoms. The summed E-state index contributed by atoms with van der Waals surface area (Å²) in [6, 6.07) is 8.92. The maximum absolute atomic E-state index is 4.48. The maximum atomic E-state index is 4.48. The number of aromatic nitrogens is 1. The fourth-order valence-electron chi connectivity index (χ4n) is 1.90. The Bertz CT molecular complexity index is 512. The summed E-state index contributed by atoms with van der Waals surface area (Å²) in [5.74, 6) is 0.597. The summed E-state index contributed by atoms with van der Waals surface area (Å²) in [5.41, 5.74) is 3.89. The minimum absolute atomic E-state index is 0.597. The summed E-state index contributed by atoms with van der Waals surface area (Å²) < 4.78 is 0. The van der Waals surface area contributed by atoms with Gasteiger partial charge in [0.05, 0.1) is 5.69 Å². The van der Waals surface area contributed by atoms with Crippen LogP contribution in [0, 0.1) is 6.92 Å². The number of anilines is 1. The molecule has 1 heterocycles. The van der Waals surface area contributed by atoms with Gasteiger partial charge in [0.25, 0.3) is 0 Å². The molecule has 0 unspecified atom stereocenters. The van der Waals surface area contributed by atoms with Gasteiger partial charge < -0.3 is 5.32 Å². The van der Waals surface area contributed by atoms with Crippen molar-refractivity contribution in [2.24, 2.45) is 0 Å². The van der Waals surface area contributed by atoms with Crippen LogP contribution in [-0.4, -0.2) is 12.0 Å². The van der Waals surface area contributed by atoms with Gasteiger partial charge >= 0.3 is 0 Å². The second-order valence-electron chi connectivity index (χ2n) is 4.85. The second-order valence-corrected chi connectivity index (χ2v) is 5.93. The normalized spacial score (nSPS) is 10.9. The van der Waals surface area contributed by atoms with Crippen molar-refractivity contribution in [2.45, 2.75) is 33.1 Å². The van der Waals surface area contributed by atoms with E-state index in [1.807, 2.05) is 7.05 Å². The second kappa shape index (κ2) is 5.53. The van der Waals surface area contributed by atoms with Crippen LogP contribution in [-0.2, 0) is 6.42 Å². The van der Waals surface area contributed by atoms with Crippen molar-refractivity contribution in [1.82, 2.24) is 4.98 Å². The molecule has 1 aromatic heterocycles. The Morgan fingerprint density at radius 2 is 1.89 bits per heavy atom. The zero-order valence-corrected chi connectivity index (χ0v) is 12.3. The van der Waals surface area contributed by atoms with E-state index >= 15 is 0 Å². The molecular weight excluding hydrogens is 240 g/mol. The zero-order valence-electron chi connectivity index (χ0n) is 11.4. The summed E-state index contributed by atoms with van der Waals surface area (Å²) in [6.07, 6.45) is 0.976. The molecule has 2 rings (SSSR count). The number of hydrogen-bond acceptors (Lipinski definition) is 3. The van der Waals surface area contributed by atoms with Gasteiger partial charge in [-0.25, -0.2) is 4.98 Å². The van der Waals surface area contributed by atoms with Crippen LogP contribution in [0.2, 0.25) is 0 Å². The number of benzene rings is 1. The lowest BCUT2D eigenvalue weighted by Crippen LogP contribution is -1.91. The lowest BCUT2D eigenvalue weighted by molar-refractivity contribution is 0.865. The molecule has 0 fully saturated rings. The van der Waals surface area contributed by atoms with Crippen molar-refractivity contribution in [3.8, 4) is 0 Å². The summed E-state index contributed by atoms with van der Waals surface area (Å²) in [6.45, 7) is 6.53. The highest BCUT2D eigenvalue weighted by Crippen LogP contribution is 2.25. The van der Waals surface area contributed by atoms with Gasteiger partial charge in [0.1, 0.15) is 0 Å². The summed E-state index contributed by atoms with van der Waals surface area (Å²) in [5, 5.41) is 4.11. The van der Waals surface area contributed by atoms with E-state index in [9.17, 15) is 0 Å². The minimum atomic E-state index is 0.597. The molecule has 2 nitrogen and oxygen atoms in total. The fourth-order valence-corrected chi connectivity index (χ4v) is 2.85. The van der Waals surface area contributed by atoms with Gasteiger partial charge in [-0.2, -0.15) is 0 Å². The minimum Gasteiger partial charge on any atom is -0.365 e. The quantitative estimate of drug-likeness (QED) is 0.891. The SMILES string of the molecule is CNc1nc(C)c(Cc2ccc(C(C)C)cc2)s1. The standard InChI is InChI=1S/C15H20N2S/c1-10(2)13-7-5-12(6-8-13)9-14-11(3)17-15(16-4)18-14/h5-8,10H,9H2,1-4H3,(H,16,17). The van der Waals surface area contributed by atoms with Crippen molar-refractivity contribution >= 4 is 16.5 Å². The molecular formula is C15H20N2S. The van der Waals surface area contributed by atoms with Crippen molar-refractivity contribution < 1.29 is 0 Å². The van der Waals surface area contributed by atoms with Crippen LogP contribution in [0.15, 0.2) is 24.3 Å². The Morgan fingerprint density at radius 3 is 2.39 bits per heavy atom. The summed E-state index contributed by atoms with van der Waals surface area (Å²) >= 11 is 1.74. The van der Waals surface area contributed by atoms with Crippen LogP contribution in [0.25, 0.3) is 0 Å². The number of nitrogens with one attached hydrogen (secondary N) is 1. The average molecular weight is 260 g/mol. The first-order valence-electron chi connectivity index (χ1n) is 6.33. The van der Waals surface area contributed by atoms with Crippen molar-refractivity contribution in [3.63, 3.8) is 0 Å². The molecule has 0 bridgehead atoms. The lowest BCUT2D eigenvalue weighted by atomic mass is 10.0. The van der Waals surface area contributed by atoms with Crippen LogP contribution in [0.4, 0.5) is 5.13 Å². The Hall–Kier alpha value is -1.35. The maximum Gasteiger partial charge on any atom is 0.182 e. The fraction of sp³-hybridized carbons (Fsp3) is 0.400. The first-order chi connectivity index (χ1) is 8.60. The number of hydrogen-bond donors (Lipinski definition) is 1. The zero-order chi connectivity index (χ0) is 13.1. The third-order valence-corrected chi connectivity index (χ3v) is 4.29. The molecule has 0 radical (unpaired) electrons. The highest BCUT2D eigenvalue weighted by Gasteiger charge is 2.07. The van der Waals surface area contributed by atoms with E-state index in [1.165, 1.54) is 16.0 Å². The number of nitrogens with zero attached hydrogens (tertiary/aromatic N) is 1. The lowest BCUT2D eigenvalue weighted by Gasteiger charge is -2.06. The predicted molar refractivity (Wildman–Crippen MR) is 79.7 cm³/mol. The van der Waals surface area contributed by atoms with E-state index in [0.717, 1.165) is 17.2 Å². The summed E-state index contributed by atoms with van der Waals surface area (Å²) in [7, 11) is 1.92. The molecule has 18 heavy (non-hydrogen) atoms. The highest BCUT2D eigenvalue weighted by atomic mass is 32.1. The number of aryl methyl sites for hydroxylation is 1.